The number of nitrogen functional groups attached to an aromatic ring is 1. The van der Waals surface area contributed by atoms with E-state index in [1.54, 1.807) is 11.0 Å². The van der Waals surface area contributed by atoms with E-state index in [0.717, 1.165) is 17.7 Å². The third-order valence-corrected chi connectivity index (χ3v) is 3.28. The highest BCUT2D eigenvalue weighted by molar-refractivity contribution is 5.96. The summed E-state index contributed by atoms with van der Waals surface area (Å²) in [4.78, 5) is 14.0. The first-order valence-corrected chi connectivity index (χ1v) is 6.64. The molecule has 0 heterocycles. The smallest absolute Gasteiger partial charge is 0.257 e. The zero-order chi connectivity index (χ0) is 15.4. The molecule has 0 aliphatic carbocycles. The van der Waals surface area contributed by atoms with Gasteiger partial charge < -0.3 is 15.7 Å². The van der Waals surface area contributed by atoms with Crippen LogP contribution in [0.4, 0.5) is 10.1 Å². The highest BCUT2D eigenvalue weighted by Gasteiger charge is 2.19. The van der Waals surface area contributed by atoms with E-state index in [2.05, 4.69) is 0 Å². The van der Waals surface area contributed by atoms with Crippen molar-refractivity contribution in [1.29, 1.82) is 0 Å². The highest BCUT2D eigenvalue weighted by atomic mass is 19.1. The third-order valence-electron chi connectivity index (χ3n) is 3.28. The zero-order valence-electron chi connectivity index (χ0n) is 11.7. The number of nitrogens with two attached hydrogens (primary N) is 1. The van der Waals surface area contributed by atoms with Crippen LogP contribution < -0.4 is 5.73 Å². The van der Waals surface area contributed by atoms with E-state index in [9.17, 15) is 14.3 Å². The number of hydrogen-bond donors (Lipinski definition) is 2. The second kappa shape index (κ2) is 6.26. The van der Waals surface area contributed by atoms with Gasteiger partial charge in [-0.1, -0.05) is 18.2 Å². The molecule has 2 rings (SSSR count). The second-order valence-electron chi connectivity index (χ2n) is 4.68. The fraction of sp³-hybridized carbons (Fsp3) is 0.188. The van der Waals surface area contributed by atoms with Gasteiger partial charge in [-0.3, -0.25) is 4.79 Å². The maximum Gasteiger partial charge on any atom is 0.257 e. The Balaban J connectivity index is 2.25. The average Bonchev–Trinajstić information content (AvgIpc) is 2.46. The van der Waals surface area contributed by atoms with Gasteiger partial charge in [0, 0.05) is 24.8 Å². The van der Waals surface area contributed by atoms with Crippen LogP contribution in [0.15, 0.2) is 42.5 Å². The molecule has 0 atom stereocenters. The van der Waals surface area contributed by atoms with Crippen LogP contribution in [0, 0.1) is 5.82 Å². The van der Waals surface area contributed by atoms with Crippen LogP contribution in [0.2, 0.25) is 0 Å². The van der Waals surface area contributed by atoms with Crippen molar-refractivity contribution in [3.05, 3.63) is 59.4 Å². The van der Waals surface area contributed by atoms with Crippen LogP contribution in [-0.2, 0) is 6.54 Å². The summed E-state index contributed by atoms with van der Waals surface area (Å²) in [6.07, 6.45) is 0. The van der Waals surface area contributed by atoms with Gasteiger partial charge in [-0.2, -0.15) is 0 Å². The summed E-state index contributed by atoms with van der Waals surface area (Å²) in [5.41, 5.74) is 7.38. The maximum atomic E-state index is 13.0. The van der Waals surface area contributed by atoms with Gasteiger partial charge in [0.25, 0.3) is 5.91 Å². The molecule has 0 aliphatic heterocycles. The first-order chi connectivity index (χ1) is 10.0. The lowest BCUT2D eigenvalue weighted by atomic mass is 10.1. The van der Waals surface area contributed by atoms with Crippen molar-refractivity contribution in [3.8, 4) is 5.75 Å². The van der Waals surface area contributed by atoms with E-state index in [4.69, 9.17) is 5.73 Å². The normalized spacial score (nSPS) is 10.4. The molecular formula is C16H17FN2O2. The quantitative estimate of drug-likeness (QED) is 0.850. The third kappa shape index (κ3) is 3.31. The molecule has 0 saturated heterocycles. The van der Waals surface area contributed by atoms with E-state index in [1.165, 1.54) is 6.07 Å². The average molecular weight is 288 g/mol. The molecule has 0 aromatic heterocycles. The molecule has 0 aliphatic rings. The molecule has 110 valence electrons. The Bertz CT molecular complexity index is 658. The van der Waals surface area contributed by atoms with Crippen LogP contribution in [0.5, 0.6) is 5.75 Å². The topological polar surface area (TPSA) is 66.6 Å². The summed E-state index contributed by atoms with van der Waals surface area (Å²) in [6, 6.07) is 10.6. The monoisotopic (exact) mass is 288 g/mol. The first-order valence-electron chi connectivity index (χ1n) is 6.64. The summed E-state index contributed by atoms with van der Waals surface area (Å²) in [6.45, 7) is 2.61. The second-order valence-corrected chi connectivity index (χ2v) is 4.68. The number of amides is 1. The Morgan fingerprint density at radius 1 is 1.29 bits per heavy atom. The number of phenols is 1. The Kier molecular flexibility index (Phi) is 4.42. The molecule has 1 amide bonds. The van der Waals surface area contributed by atoms with Gasteiger partial charge >= 0.3 is 0 Å². The molecule has 3 N–H and O–H groups in total. The van der Waals surface area contributed by atoms with Crippen molar-refractivity contribution >= 4 is 11.6 Å². The largest absolute Gasteiger partial charge is 0.507 e. The Morgan fingerprint density at radius 3 is 2.62 bits per heavy atom. The van der Waals surface area contributed by atoms with Crippen molar-refractivity contribution in [3.63, 3.8) is 0 Å². The van der Waals surface area contributed by atoms with Crippen molar-refractivity contribution < 1.29 is 14.3 Å². The van der Waals surface area contributed by atoms with Gasteiger partial charge in [0.05, 0.1) is 5.56 Å². The van der Waals surface area contributed by atoms with Crippen LogP contribution in [0.1, 0.15) is 22.8 Å². The number of benzene rings is 2. The lowest BCUT2D eigenvalue weighted by Crippen LogP contribution is -2.30. The lowest BCUT2D eigenvalue weighted by Gasteiger charge is -2.22. The highest BCUT2D eigenvalue weighted by Crippen LogP contribution is 2.22. The molecule has 0 radical (unpaired) electrons. The predicted octanol–water partition coefficient (Wildman–Crippen LogP) is 2.78. The summed E-state index contributed by atoms with van der Waals surface area (Å²) < 4.78 is 13.0. The minimum atomic E-state index is -0.584. The van der Waals surface area contributed by atoms with Gasteiger partial charge in [0.15, 0.2) is 0 Å². The Morgan fingerprint density at radius 2 is 2.00 bits per heavy atom. The van der Waals surface area contributed by atoms with Crippen molar-refractivity contribution in [2.24, 2.45) is 0 Å². The molecule has 0 fully saturated rings. The van der Waals surface area contributed by atoms with Crippen molar-refractivity contribution in [2.45, 2.75) is 13.5 Å². The standard InChI is InChI=1S/C16H17FN2O2/c1-2-19(10-11-5-3-4-6-14(11)18)16(21)13-8-7-12(17)9-15(13)20/h3-9,20H,2,10,18H2,1H3. The van der Waals surface area contributed by atoms with E-state index < -0.39 is 5.82 Å². The first kappa shape index (κ1) is 14.8. The zero-order valence-corrected chi connectivity index (χ0v) is 11.7. The van der Waals surface area contributed by atoms with Crippen molar-refractivity contribution in [1.82, 2.24) is 4.90 Å². The molecule has 2 aromatic carbocycles. The van der Waals surface area contributed by atoms with Crippen molar-refractivity contribution in [2.75, 3.05) is 12.3 Å². The van der Waals surface area contributed by atoms with Gasteiger partial charge in [0.2, 0.25) is 0 Å². The molecule has 2 aromatic rings. The number of para-hydroxylation sites is 1. The fourth-order valence-corrected chi connectivity index (χ4v) is 2.07. The maximum absolute atomic E-state index is 13.0. The van der Waals surface area contributed by atoms with E-state index in [1.807, 2.05) is 25.1 Å². The number of hydrogen-bond acceptors (Lipinski definition) is 3. The van der Waals surface area contributed by atoms with Gasteiger partial charge in [-0.25, -0.2) is 4.39 Å². The number of halogens is 1. The Hall–Kier alpha value is -2.56. The van der Waals surface area contributed by atoms with Gasteiger partial charge in [-0.15, -0.1) is 0 Å². The summed E-state index contributed by atoms with van der Waals surface area (Å²) in [5, 5.41) is 9.71. The molecule has 5 heteroatoms. The number of aromatic hydroxyl groups is 1. The minimum Gasteiger partial charge on any atom is -0.507 e. The molecule has 4 nitrogen and oxygen atoms in total. The molecular weight excluding hydrogens is 271 g/mol. The number of carbonyl (C=O) groups is 1. The number of anilines is 1. The van der Waals surface area contributed by atoms with Gasteiger partial charge in [-0.05, 0) is 30.7 Å². The lowest BCUT2D eigenvalue weighted by molar-refractivity contribution is 0.0750. The van der Waals surface area contributed by atoms with E-state index >= 15 is 0 Å². The number of carbonyl (C=O) groups excluding carboxylic acids is 1. The molecule has 0 bridgehead atoms. The number of phenolic OH excluding ortho intramolecular Hbond substituents is 1. The molecule has 0 spiro atoms. The Labute approximate surface area is 122 Å². The molecule has 0 unspecified atom stereocenters. The minimum absolute atomic E-state index is 0.0766. The molecule has 21 heavy (non-hydrogen) atoms. The molecule has 0 saturated carbocycles. The van der Waals surface area contributed by atoms with Gasteiger partial charge in [0.1, 0.15) is 11.6 Å². The summed E-state index contributed by atoms with van der Waals surface area (Å²) in [7, 11) is 0. The van der Waals surface area contributed by atoms with E-state index in [0.29, 0.717) is 18.8 Å². The van der Waals surface area contributed by atoms with E-state index in [-0.39, 0.29) is 17.2 Å². The van der Waals surface area contributed by atoms with Crippen LogP contribution in [-0.4, -0.2) is 22.5 Å². The fourth-order valence-electron chi connectivity index (χ4n) is 2.07. The summed E-state index contributed by atoms with van der Waals surface area (Å²) >= 11 is 0. The predicted molar refractivity (Wildman–Crippen MR) is 79.3 cm³/mol. The summed E-state index contributed by atoms with van der Waals surface area (Å²) in [5.74, 6) is -1.31. The van der Waals surface area contributed by atoms with Crippen LogP contribution in [0.3, 0.4) is 0 Å². The van der Waals surface area contributed by atoms with Crippen LogP contribution >= 0.6 is 0 Å². The SMILES string of the molecule is CCN(Cc1ccccc1N)C(=O)c1ccc(F)cc1O. The number of rotatable bonds is 4. The van der Waals surface area contributed by atoms with Crippen LogP contribution in [0.25, 0.3) is 0 Å². The number of nitrogens with zero attached hydrogens (tertiary/aromatic N) is 1.